The smallest absolute Gasteiger partial charge is 0.262 e. The maximum Gasteiger partial charge on any atom is 0.262 e. The van der Waals surface area contributed by atoms with E-state index in [9.17, 15) is 4.79 Å². The molecule has 0 atom stereocenters. The first-order chi connectivity index (χ1) is 14.2. The summed E-state index contributed by atoms with van der Waals surface area (Å²) in [6.07, 6.45) is 1.70. The quantitative estimate of drug-likeness (QED) is 0.301. The molecule has 29 heavy (non-hydrogen) atoms. The number of halogens is 1. The maximum absolute atomic E-state index is 12.8. The summed E-state index contributed by atoms with van der Waals surface area (Å²) in [6, 6.07) is 15.0. The molecule has 0 bridgehead atoms. The highest BCUT2D eigenvalue weighted by Gasteiger charge is 2.16. The molecule has 4 rings (SSSR count). The van der Waals surface area contributed by atoms with Crippen molar-refractivity contribution in [2.75, 3.05) is 12.4 Å². The molecule has 6 nitrogen and oxygen atoms in total. The van der Waals surface area contributed by atoms with Crippen LogP contribution in [-0.2, 0) is 6.54 Å². The standard InChI is InChI=1S/C21H21ClN4O2S/c1-2-11-25-19(27)17-9-3-4-10-18(17)26-20(25)23-24-21(26)29-13-6-12-28-16-8-5-7-15(22)14-16/h3-5,7-10,14H,2,6,11-13H2,1H3. The van der Waals surface area contributed by atoms with Gasteiger partial charge in [-0.1, -0.05) is 48.5 Å². The number of rotatable bonds is 8. The molecule has 0 fully saturated rings. The average Bonchev–Trinajstić information content (AvgIpc) is 3.15. The SMILES string of the molecule is CCCn1c(=O)c2ccccc2n2c(SCCCOc3cccc(Cl)c3)nnc12. The number of hydrogen-bond donors (Lipinski definition) is 0. The second kappa shape index (κ2) is 8.88. The highest BCUT2D eigenvalue weighted by molar-refractivity contribution is 7.99. The van der Waals surface area contributed by atoms with E-state index < -0.39 is 0 Å². The van der Waals surface area contributed by atoms with Crippen molar-refractivity contribution >= 4 is 40.0 Å². The van der Waals surface area contributed by atoms with E-state index in [1.807, 2.05) is 53.8 Å². The molecule has 0 aliphatic rings. The molecule has 0 saturated heterocycles. The highest BCUT2D eigenvalue weighted by Crippen LogP contribution is 2.23. The minimum atomic E-state index is -0.0196. The van der Waals surface area contributed by atoms with Gasteiger partial charge in [-0.25, -0.2) is 0 Å². The molecule has 0 spiro atoms. The fourth-order valence-electron chi connectivity index (χ4n) is 3.22. The lowest BCUT2D eigenvalue weighted by Crippen LogP contribution is -2.23. The molecule has 2 aromatic carbocycles. The number of nitrogens with zero attached hydrogens (tertiary/aromatic N) is 4. The van der Waals surface area contributed by atoms with Crippen molar-refractivity contribution in [1.82, 2.24) is 19.2 Å². The number of aromatic nitrogens is 4. The Kier molecular flexibility index (Phi) is 6.06. The van der Waals surface area contributed by atoms with E-state index in [1.54, 1.807) is 22.4 Å². The van der Waals surface area contributed by atoms with Crippen LogP contribution in [0.1, 0.15) is 19.8 Å². The molecule has 8 heteroatoms. The minimum absolute atomic E-state index is 0.0196. The van der Waals surface area contributed by atoms with Crippen LogP contribution in [0.25, 0.3) is 16.7 Å². The van der Waals surface area contributed by atoms with Crippen LogP contribution in [0, 0.1) is 0 Å². The monoisotopic (exact) mass is 428 g/mol. The van der Waals surface area contributed by atoms with Crippen molar-refractivity contribution in [3.8, 4) is 5.75 Å². The van der Waals surface area contributed by atoms with Crippen molar-refractivity contribution in [2.24, 2.45) is 0 Å². The summed E-state index contributed by atoms with van der Waals surface area (Å²) in [4.78, 5) is 12.8. The highest BCUT2D eigenvalue weighted by atomic mass is 35.5. The predicted octanol–water partition coefficient (Wildman–Crippen LogP) is 4.67. The molecule has 150 valence electrons. The summed E-state index contributed by atoms with van der Waals surface area (Å²) < 4.78 is 9.44. The van der Waals surface area contributed by atoms with Crippen molar-refractivity contribution < 1.29 is 4.74 Å². The summed E-state index contributed by atoms with van der Waals surface area (Å²) in [5.41, 5.74) is 0.816. The Labute approximate surface area is 177 Å². The van der Waals surface area contributed by atoms with Gasteiger partial charge in [0.25, 0.3) is 5.56 Å². The van der Waals surface area contributed by atoms with Crippen LogP contribution in [0.3, 0.4) is 0 Å². The van der Waals surface area contributed by atoms with Gasteiger partial charge in [0.05, 0.1) is 17.5 Å². The van der Waals surface area contributed by atoms with Gasteiger partial charge < -0.3 is 4.74 Å². The molecule has 0 aliphatic heterocycles. The Balaban J connectivity index is 1.53. The van der Waals surface area contributed by atoms with E-state index >= 15 is 0 Å². The molecular weight excluding hydrogens is 408 g/mol. The largest absolute Gasteiger partial charge is 0.494 e. The Morgan fingerprint density at radius 3 is 2.83 bits per heavy atom. The lowest BCUT2D eigenvalue weighted by molar-refractivity contribution is 0.318. The van der Waals surface area contributed by atoms with Gasteiger partial charge in [0, 0.05) is 17.3 Å². The van der Waals surface area contributed by atoms with Crippen molar-refractivity contribution in [3.05, 3.63) is 63.9 Å². The van der Waals surface area contributed by atoms with E-state index in [2.05, 4.69) is 10.2 Å². The number of aryl methyl sites for hydroxylation is 1. The van der Waals surface area contributed by atoms with Crippen LogP contribution < -0.4 is 10.3 Å². The molecule has 0 aliphatic carbocycles. The third-order valence-corrected chi connectivity index (χ3v) is 5.76. The molecule has 4 aromatic rings. The zero-order chi connectivity index (χ0) is 20.2. The number of hydrogen-bond acceptors (Lipinski definition) is 5. The Morgan fingerprint density at radius 1 is 1.14 bits per heavy atom. The first-order valence-corrected chi connectivity index (χ1v) is 10.9. The first-order valence-electron chi connectivity index (χ1n) is 9.57. The number of para-hydroxylation sites is 1. The Morgan fingerprint density at radius 2 is 2.00 bits per heavy atom. The van der Waals surface area contributed by atoms with Crippen molar-refractivity contribution in [1.29, 1.82) is 0 Å². The van der Waals surface area contributed by atoms with Crippen molar-refractivity contribution in [2.45, 2.75) is 31.5 Å². The Hall–Kier alpha value is -2.51. The third-order valence-electron chi connectivity index (χ3n) is 4.51. The molecule has 2 aromatic heterocycles. The van der Waals surface area contributed by atoms with Gasteiger partial charge in [-0.15, -0.1) is 10.2 Å². The van der Waals surface area contributed by atoms with Crippen LogP contribution >= 0.6 is 23.4 Å². The molecule has 2 heterocycles. The summed E-state index contributed by atoms with van der Waals surface area (Å²) in [6.45, 7) is 3.25. The maximum atomic E-state index is 12.8. The summed E-state index contributed by atoms with van der Waals surface area (Å²) >= 11 is 7.59. The predicted molar refractivity (Wildman–Crippen MR) is 117 cm³/mol. The molecular formula is C21H21ClN4O2S. The molecule has 0 saturated carbocycles. The van der Waals surface area contributed by atoms with Crippen LogP contribution in [0.5, 0.6) is 5.75 Å². The number of thioether (sulfide) groups is 1. The zero-order valence-corrected chi connectivity index (χ0v) is 17.6. The van der Waals surface area contributed by atoms with E-state index in [1.165, 1.54) is 0 Å². The second-order valence-corrected chi connectivity index (χ2v) is 8.10. The average molecular weight is 429 g/mol. The molecule has 0 unspecified atom stereocenters. The van der Waals surface area contributed by atoms with E-state index in [0.29, 0.717) is 29.3 Å². The summed E-state index contributed by atoms with van der Waals surface area (Å²) in [7, 11) is 0. The summed E-state index contributed by atoms with van der Waals surface area (Å²) in [5, 5.41) is 10.8. The van der Waals surface area contributed by atoms with Crippen LogP contribution in [0.4, 0.5) is 0 Å². The van der Waals surface area contributed by atoms with Crippen LogP contribution in [0.2, 0.25) is 5.02 Å². The number of ether oxygens (including phenoxy) is 1. The van der Waals surface area contributed by atoms with Gasteiger partial charge in [-0.05, 0) is 43.2 Å². The van der Waals surface area contributed by atoms with Gasteiger partial charge in [0.15, 0.2) is 5.16 Å². The third kappa shape index (κ3) is 4.11. The van der Waals surface area contributed by atoms with E-state index in [4.69, 9.17) is 16.3 Å². The normalized spacial score (nSPS) is 11.4. The zero-order valence-electron chi connectivity index (χ0n) is 16.0. The van der Waals surface area contributed by atoms with Crippen LogP contribution in [-0.4, -0.2) is 31.5 Å². The topological polar surface area (TPSA) is 61.4 Å². The second-order valence-electron chi connectivity index (χ2n) is 6.60. The lowest BCUT2D eigenvalue weighted by atomic mass is 10.2. The van der Waals surface area contributed by atoms with Gasteiger partial charge in [0.1, 0.15) is 5.75 Å². The van der Waals surface area contributed by atoms with Gasteiger partial charge in [-0.2, -0.15) is 0 Å². The van der Waals surface area contributed by atoms with Gasteiger partial charge in [-0.3, -0.25) is 13.8 Å². The first kappa shape index (κ1) is 19.8. The van der Waals surface area contributed by atoms with E-state index in [-0.39, 0.29) is 5.56 Å². The summed E-state index contributed by atoms with van der Waals surface area (Å²) in [5.74, 6) is 2.18. The Bertz CT molecular complexity index is 1200. The number of fused-ring (bicyclic) bond motifs is 3. The molecule has 0 radical (unpaired) electrons. The van der Waals surface area contributed by atoms with Gasteiger partial charge >= 0.3 is 0 Å². The molecule has 0 amide bonds. The fraction of sp³-hybridized carbons (Fsp3) is 0.286. The fourth-order valence-corrected chi connectivity index (χ4v) is 4.25. The van der Waals surface area contributed by atoms with Crippen LogP contribution in [0.15, 0.2) is 58.5 Å². The van der Waals surface area contributed by atoms with Crippen molar-refractivity contribution in [3.63, 3.8) is 0 Å². The van der Waals surface area contributed by atoms with Gasteiger partial charge in [0.2, 0.25) is 5.78 Å². The number of benzene rings is 2. The minimum Gasteiger partial charge on any atom is -0.494 e. The van der Waals surface area contributed by atoms with E-state index in [0.717, 1.165) is 35.0 Å². The lowest BCUT2D eigenvalue weighted by Gasteiger charge is -2.10. The molecule has 0 N–H and O–H groups in total.